The molecule has 0 aromatic heterocycles. The standard InChI is InChI=1S/C30H46N6O6/c1-21(37)24(31)12-13-25(38)34-18-16-33(17-19-34)23-11-8-10-22(20-23)32-26-35(27(39)41-29(2,3)4)14-9-15-36(26)28(40)42-30(5,6)7/h8,10-11,20,24H,9,12-19,31H2,1-7H3/t24-/m0/s1. The molecule has 232 valence electrons. The summed E-state index contributed by atoms with van der Waals surface area (Å²) in [6, 6.07) is 6.93. The lowest BCUT2D eigenvalue weighted by Gasteiger charge is -2.38. The molecule has 0 unspecified atom stereocenters. The summed E-state index contributed by atoms with van der Waals surface area (Å²) in [5.41, 5.74) is 5.80. The first-order valence-electron chi connectivity index (χ1n) is 14.5. The number of nitrogens with zero attached hydrogens (tertiary/aromatic N) is 5. The molecule has 2 N–H and O–H groups in total. The van der Waals surface area contributed by atoms with Crippen molar-refractivity contribution in [2.75, 3.05) is 44.2 Å². The van der Waals surface area contributed by atoms with Crippen molar-refractivity contribution in [1.82, 2.24) is 14.7 Å². The first-order chi connectivity index (χ1) is 19.5. The highest BCUT2D eigenvalue weighted by Gasteiger charge is 2.37. The van der Waals surface area contributed by atoms with Crippen LogP contribution in [0.4, 0.5) is 21.0 Å². The Morgan fingerprint density at radius 3 is 1.93 bits per heavy atom. The number of hydrogen-bond donors (Lipinski definition) is 1. The summed E-state index contributed by atoms with van der Waals surface area (Å²) in [7, 11) is 0. The van der Waals surface area contributed by atoms with E-state index in [0.717, 1.165) is 5.69 Å². The first-order valence-corrected chi connectivity index (χ1v) is 14.5. The van der Waals surface area contributed by atoms with Gasteiger partial charge in [0.2, 0.25) is 11.9 Å². The van der Waals surface area contributed by atoms with E-state index in [0.29, 0.717) is 57.8 Å². The molecule has 0 saturated carbocycles. The number of nitrogens with two attached hydrogens (primary N) is 1. The number of anilines is 1. The Morgan fingerprint density at radius 2 is 1.43 bits per heavy atom. The van der Waals surface area contributed by atoms with E-state index in [1.807, 2.05) is 24.3 Å². The lowest BCUT2D eigenvalue weighted by molar-refractivity contribution is -0.131. The Balaban J connectivity index is 1.80. The lowest BCUT2D eigenvalue weighted by atomic mass is 10.1. The third-order valence-corrected chi connectivity index (χ3v) is 6.72. The number of ether oxygens (including phenoxy) is 2. The summed E-state index contributed by atoms with van der Waals surface area (Å²) in [6.45, 7) is 15.2. The summed E-state index contributed by atoms with van der Waals surface area (Å²) in [6.07, 6.45) is -0.0410. The molecule has 3 amide bonds. The number of carbonyl (C=O) groups excluding carboxylic acids is 4. The average Bonchev–Trinajstić information content (AvgIpc) is 2.89. The van der Waals surface area contributed by atoms with Crippen LogP contribution in [0.25, 0.3) is 0 Å². The van der Waals surface area contributed by atoms with Crippen molar-refractivity contribution in [3.63, 3.8) is 0 Å². The molecule has 12 nitrogen and oxygen atoms in total. The summed E-state index contributed by atoms with van der Waals surface area (Å²) < 4.78 is 11.3. The minimum atomic E-state index is -0.723. The molecule has 1 atom stereocenters. The van der Waals surface area contributed by atoms with Gasteiger partial charge in [0, 0.05) is 51.4 Å². The smallest absolute Gasteiger partial charge is 0.417 e. The molecule has 2 heterocycles. The second kappa shape index (κ2) is 13.5. The molecule has 2 saturated heterocycles. The van der Waals surface area contributed by atoms with E-state index in [9.17, 15) is 19.2 Å². The van der Waals surface area contributed by atoms with Crippen molar-refractivity contribution in [3.05, 3.63) is 24.3 Å². The van der Waals surface area contributed by atoms with Gasteiger partial charge >= 0.3 is 12.2 Å². The van der Waals surface area contributed by atoms with Gasteiger partial charge in [0.15, 0.2) is 0 Å². The molecular formula is C30H46N6O6. The fraction of sp³-hybridized carbons (Fsp3) is 0.633. The van der Waals surface area contributed by atoms with Crippen molar-refractivity contribution < 1.29 is 28.7 Å². The van der Waals surface area contributed by atoms with Gasteiger partial charge in [-0.3, -0.25) is 9.59 Å². The quantitative estimate of drug-likeness (QED) is 0.530. The fourth-order valence-corrected chi connectivity index (χ4v) is 4.56. The maximum Gasteiger partial charge on any atom is 0.417 e. The van der Waals surface area contributed by atoms with Crippen LogP contribution in [-0.2, 0) is 19.1 Å². The predicted molar refractivity (Wildman–Crippen MR) is 161 cm³/mol. The van der Waals surface area contributed by atoms with Crippen molar-refractivity contribution in [3.8, 4) is 0 Å². The Bertz CT molecular complexity index is 1140. The van der Waals surface area contributed by atoms with E-state index in [4.69, 9.17) is 20.2 Å². The van der Waals surface area contributed by atoms with Gasteiger partial charge in [0.05, 0.1) is 11.7 Å². The normalized spacial score (nSPS) is 17.1. The van der Waals surface area contributed by atoms with Crippen molar-refractivity contribution in [1.29, 1.82) is 0 Å². The van der Waals surface area contributed by atoms with Crippen LogP contribution in [-0.4, -0.2) is 101 Å². The van der Waals surface area contributed by atoms with E-state index >= 15 is 0 Å². The average molecular weight is 587 g/mol. The third-order valence-electron chi connectivity index (χ3n) is 6.72. The summed E-state index contributed by atoms with van der Waals surface area (Å²) in [5.74, 6) is 0.0297. The molecular weight excluding hydrogens is 540 g/mol. The molecule has 1 aromatic carbocycles. The van der Waals surface area contributed by atoms with Gasteiger partial charge in [-0.25, -0.2) is 24.4 Å². The highest BCUT2D eigenvalue weighted by Crippen LogP contribution is 2.26. The van der Waals surface area contributed by atoms with Crippen LogP contribution >= 0.6 is 0 Å². The molecule has 1 aromatic rings. The molecule has 0 bridgehead atoms. The van der Waals surface area contributed by atoms with Gasteiger partial charge in [0.1, 0.15) is 17.0 Å². The number of aliphatic imine (C=N–C) groups is 1. The SMILES string of the molecule is CC(=O)[C@@H](N)CCC(=O)N1CCN(c2cccc(N=C3N(C(=O)OC(C)(C)C)CCCN3C(=O)OC(C)(C)C)c2)CC1. The van der Waals surface area contributed by atoms with Crippen LogP contribution in [0.5, 0.6) is 0 Å². The number of Topliss-reactive ketones (excluding diaryl/α,β-unsaturated/α-hetero) is 1. The van der Waals surface area contributed by atoms with Gasteiger partial charge in [-0.05, 0) is 79.5 Å². The van der Waals surface area contributed by atoms with Gasteiger partial charge in [0.25, 0.3) is 0 Å². The molecule has 0 spiro atoms. The molecule has 2 aliphatic heterocycles. The zero-order valence-corrected chi connectivity index (χ0v) is 26.0. The minimum Gasteiger partial charge on any atom is -0.443 e. The number of rotatable bonds is 6. The molecule has 2 aliphatic rings. The molecule has 2 fully saturated rings. The van der Waals surface area contributed by atoms with Crippen LogP contribution in [0.1, 0.15) is 67.7 Å². The predicted octanol–water partition coefficient (Wildman–Crippen LogP) is 3.90. The Hall–Kier alpha value is -3.67. The van der Waals surface area contributed by atoms with Crippen molar-refractivity contribution in [2.45, 2.75) is 85.0 Å². The topological polar surface area (TPSA) is 138 Å². The maximum atomic E-state index is 13.2. The number of benzene rings is 1. The van der Waals surface area contributed by atoms with Gasteiger partial charge in [-0.1, -0.05) is 6.07 Å². The first kappa shape index (κ1) is 32.8. The highest BCUT2D eigenvalue weighted by atomic mass is 16.6. The molecule has 3 rings (SSSR count). The maximum absolute atomic E-state index is 13.2. The minimum absolute atomic E-state index is 0.00623. The van der Waals surface area contributed by atoms with Crippen molar-refractivity contribution >= 4 is 41.2 Å². The molecule has 0 radical (unpaired) electrons. The van der Waals surface area contributed by atoms with Crippen LogP contribution in [0, 0.1) is 0 Å². The third kappa shape index (κ3) is 9.43. The number of ketones is 1. The zero-order chi connectivity index (χ0) is 31.2. The summed E-state index contributed by atoms with van der Waals surface area (Å²) in [5, 5.41) is 0. The van der Waals surface area contributed by atoms with Crippen LogP contribution in [0.2, 0.25) is 0 Å². The number of amides is 3. The molecule has 0 aliphatic carbocycles. The van der Waals surface area contributed by atoms with E-state index in [1.54, 1.807) is 46.4 Å². The second-order valence-corrected chi connectivity index (χ2v) is 12.7. The monoisotopic (exact) mass is 586 g/mol. The zero-order valence-electron chi connectivity index (χ0n) is 26.0. The van der Waals surface area contributed by atoms with Gasteiger partial charge < -0.3 is 25.0 Å². The van der Waals surface area contributed by atoms with Crippen LogP contribution in [0.3, 0.4) is 0 Å². The molecule has 42 heavy (non-hydrogen) atoms. The van der Waals surface area contributed by atoms with Gasteiger partial charge in [-0.2, -0.15) is 0 Å². The Labute approximate surface area is 248 Å². The largest absolute Gasteiger partial charge is 0.443 e. The molecule has 12 heteroatoms. The summed E-state index contributed by atoms with van der Waals surface area (Å²) in [4.78, 5) is 61.8. The lowest BCUT2D eigenvalue weighted by Crippen LogP contribution is -2.56. The number of hydrogen-bond acceptors (Lipinski definition) is 9. The number of guanidine groups is 1. The van der Waals surface area contributed by atoms with E-state index in [1.165, 1.54) is 16.7 Å². The highest BCUT2D eigenvalue weighted by molar-refractivity contribution is 6.03. The number of carbonyl (C=O) groups is 4. The Morgan fingerprint density at radius 1 is 0.881 bits per heavy atom. The Kier molecular flexibility index (Phi) is 10.6. The van der Waals surface area contributed by atoms with E-state index in [-0.39, 0.29) is 24.1 Å². The van der Waals surface area contributed by atoms with Crippen LogP contribution < -0.4 is 10.6 Å². The summed E-state index contributed by atoms with van der Waals surface area (Å²) >= 11 is 0. The van der Waals surface area contributed by atoms with Crippen LogP contribution in [0.15, 0.2) is 29.3 Å². The van der Waals surface area contributed by atoms with Crippen molar-refractivity contribution in [2.24, 2.45) is 10.7 Å². The fourth-order valence-electron chi connectivity index (χ4n) is 4.56. The van der Waals surface area contributed by atoms with Gasteiger partial charge in [-0.15, -0.1) is 0 Å². The second-order valence-electron chi connectivity index (χ2n) is 12.7. The van der Waals surface area contributed by atoms with E-state index < -0.39 is 29.4 Å². The number of piperazine rings is 1. The van der Waals surface area contributed by atoms with E-state index in [2.05, 4.69) is 4.90 Å².